The molecule has 0 heterocycles. The van der Waals surface area contributed by atoms with Crippen LogP contribution in [0.3, 0.4) is 0 Å². The van der Waals surface area contributed by atoms with Gasteiger partial charge in [0.15, 0.2) is 0 Å². The average Bonchev–Trinajstić information content (AvgIpc) is 2.26. The highest BCUT2D eigenvalue weighted by Crippen LogP contribution is 2.34. The number of ether oxygens (including phenoxy) is 1. The van der Waals surface area contributed by atoms with Gasteiger partial charge in [-0.15, -0.1) is 0 Å². The predicted molar refractivity (Wildman–Crippen MR) is 75.0 cm³/mol. The van der Waals surface area contributed by atoms with Crippen molar-refractivity contribution in [3.63, 3.8) is 0 Å². The lowest BCUT2D eigenvalue weighted by Crippen LogP contribution is -2.17. The van der Waals surface area contributed by atoms with Crippen molar-refractivity contribution in [2.75, 3.05) is 13.2 Å². The fourth-order valence-electron chi connectivity index (χ4n) is 1.28. The van der Waals surface area contributed by atoms with Crippen molar-refractivity contribution in [3.8, 4) is 0 Å². The maximum Gasteiger partial charge on any atom is 0.411 e. The van der Waals surface area contributed by atoms with Gasteiger partial charge in [-0.1, -0.05) is 47.8 Å². The zero-order chi connectivity index (χ0) is 13.8. The lowest BCUT2D eigenvalue weighted by molar-refractivity contribution is -0.174. The van der Waals surface area contributed by atoms with Gasteiger partial charge >= 0.3 is 6.18 Å². The second-order valence-corrected chi connectivity index (χ2v) is 6.47. The summed E-state index contributed by atoms with van der Waals surface area (Å²) in [7, 11) is 0. The van der Waals surface area contributed by atoms with Crippen LogP contribution >= 0.6 is 47.8 Å². The molecule has 18 heavy (non-hydrogen) atoms. The van der Waals surface area contributed by atoms with E-state index < -0.39 is 12.8 Å². The molecule has 1 unspecified atom stereocenters. The fourth-order valence-corrected chi connectivity index (χ4v) is 3.06. The Bertz CT molecular complexity index is 396. The van der Waals surface area contributed by atoms with E-state index in [1.807, 2.05) is 18.2 Å². The normalized spacial score (nSPS) is 13.7. The highest BCUT2D eigenvalue weighted by molar-refractivity contribution is 9.11. The smallest absolute Gasteiger partial charge is 0.372 e. The number of hydrogen-bond donors (Lipinski definition) is 0. The number of halogens is 6. The van der Waals surface area contributed by atoms with Gasteiger partial charge in [-0.2, -0.15) is 13.2 Å². The van der Waals surface area contributed by atoms with Crippen LogP contribution in [0.5, 0.6) is 0 Å². The van der Waals surface area contributed by atoms with E-state index in [9.17, 15) is 13.2 Å². The molecule has 1 aromatic carbocycles. The van der Waals surface area contributed by atoms with Crippen molar-refractivity contribution < 1.29 is 17.9 Å². The molecule has 0 bridgehead atoms. The molecule has 0 aliphatic rings. The molecule has 1 nitrogen and oxygen atoms in total. The summed E-state index contributed by atoms with van der Waals surface area (Å²) in [5, 5.41) is 0. The molecule has 7 heteroatoms. The SMILES string of the molecule is FC(F)(F)COCCC(Br)c1cc(Br)ccc1Br. The van der Waals surface area contributed by atoms with E-state index in [1.165, 1.54) is 0 Å². The maximum atomic E-state index is 11.9. The van der Waals surface area contributed by atoms with Crippen LogP contribution in [0.25, 0.3) is 0 Å². The molecule has 0 aromatic heterocycles. The summed E-state index contributed by atoms with van der Waals surface area (Å²) < 4.78 is 42.0. The molecule has 1 aromatic rings. The van der Waals surface area contributed by atoms with E-state index in [1.54, 1.807) is 0 Å². The third-order valence-electron chi connectivity index (χ3n) is 2.08. The minimum absolute atomic E-state index is 0.0500. The van der Waals surface area contributed by atoms with E-state index in [-0.39, 0.29) is 11.4 Å². The topological polar surface area (TPSA) is 9.23 Å². The van der Waals surface area contributed by atoms with Crippen LogP contribution in [0.1, 0.15) is 16.8 Å². The lowest BCUT2D eigenvalue weighted by Gasteiger charge is -2.13. The molecule has 0 spiro atoms. The Balaban J connectivity index is 2.45. The molecule has 1 atom stereocenters. The molecule has 0 saturated heterocycles. The first-order chi connectivity index (χ1) is 8.29. The second kappa shape index (κ2) is 7.26. The summed E-state index contributed by atoms with van der Waals surface area (Å²) in [5.41, 5.74) is 0.972. The Kier molecular flexibility index (Phi) is 6.64. The first-order valence-electron chi connectivity index (χ1n) is 5.03. The van der Waals surface area contributed by atoms with Gasteiger partial charge in [0.2, 0.25) is 0 Å². The summed E-state index contributed by atoms with van der Waals surface area (Å²) >= 11 is 10.2. The van der Waals surface area contributed by atoms with Crippen LogP contribution in [0.15, 0.2) is 27.1 Å². The highest BCUT2D eigenvalue weighted by Gasteiger charge is 2.27. The minimum Gasteiger partial charge on any atom is -0.372 e. The average molecular weight is 455 g/mol. The molecular formula is C11H10Br3F3O. The summed E-state index contributed by atoms with van der Waals surface area (Å²) in [4.78, 5) is -0.0578. The molecule has 0 amide bonds. The van der Waals surface area contributed by atoms with Crippen molar-refractivity contribution in [1.82, 2.24) is 0 Å². The van der Waals surface area contributed by atoms with E-state index in [2.05, 4.69) is 52.5 Å². The Morgan fingerprint density at radius 1 is 1.22 bits per heavy atom. The molecule has 102 valence electrons. The van der Waals surface area contributed by atoms with Gasteiger partial charge in [0.1, 0.15) is 6.61 Å². The number of benzene rings is 1. The highest BCUT2D eigenvalue weighted by atomic mass is 79.9. The van der Waals surface area contributed by atoms with Crippen LogP contribution < -0.4 is 0 Å². The van der Waals surface area contributed by atoms with Gasteiger partial charge in [0, 0.05) is 20.4 Å². The van der Waals surface area contributed by atoms with Crippen molar-refractivity contribution in [3.05, 3.63) is 32.7 Å². The monoisotopic (exact) mass is 452 g/mol. The number of alkyl halides is 4. The fraction of sp³-hybridized carbons (Fsp3) is 0.455. The van der Waals surface area contributed by atoms with Crippen LogP contribution in [0, 0.1) is 0 Å². The third-order valence-corrected chi connectivity index (χ3v) is 4.24. The van der Waals surface area contributed by atoms with E-state index in [0.717, 1.165) is 14.5 Å². The first-order valence-corrected chi connectivity index (χ1v) is 7.53. The van der Waals surface area contributed by atoms with Crippen molar-refractivity contribution in [2.45, 2.75) is 17.4 Å². The molecule has 0 aliphatic heterocycles. The van der Waals surface area contributed by atoms with Gasteiger partial charge < -0.3 is 4.74 Å². The molecule has 0 saturated carbocycles. The van der Waals surface area contributed by atoms with Crippen LogP contribution in [-0.4, -0.2) is 19.4 Å². The number of rotatable bonds is 5. The van der Waals surface area contributed by atoms with E-state index >= 15 is 0 Å². The summed E-state index contributed by atoms with van der Waals surface area (Å²) in [6.07, 6.45) is -3.80. The molecule has 0 fully saturated rings. The maximum absolute atomic E-state index is 11.9. The van der Waals surface area contributed by atoms with Crippen LogP contribution in [-0.2, 0) is 4.74 Å². The van der Waals surface area contributed by atoms with Crippen molar-refractivity contribution in [2.24, 2.45) is 0 Å². The van der Waals surface area contributed by atoms with Crippen molar-refractivity contribution in [1.29, 1.82) is 0 Å². The summed E-state index contributed by atoms with van der Waals surface area (Å²) in [6.45, 7) is -1.15. The zero-order valence-electron chi connectivity index (χ0n) is 9.11. The van der Waals surface area contributed by atoms with Gasteiger partial charge in [0.05, 0.1) is 0 Å². The standard InChI is InChI=1S/C11H10Br3F3O/c12-7-1-2-9(13)8(5-7)10(14)3-4-18-6-11(15,16)17/h1-2,5,10H,3-4,6H2. The molecule has 0 radical (unpaired) electrons. The third kappa shape index (κ3) is 6.04. The van der Waals surface area contributed by atoms with Crippen LogP contribution in [0.4, 0.5) is 13.2 Å². The largest absolute Gasteiger partial charge is 0.411 e. The van der Waals surface area contributed by atoms with Gasteiger partial charge in [0.25, 0.3) is 0 Å². The Hall–Kier alpha value is 0.410. The Morgan fingerprint density at radius 2 is 1.89 bits per heavy atom. The van der Waals surface area contributed by atoms with E-state index in [4.69, 9.17) is 0 Å². The summed E-state index contributed by atoms with van der Waals surface area (Å²) in [5.74, 6) is 0. The predicted octanol–water partition coefficient (Wildman–Crippen LogP) is 5.62. The van der Waals surface area contributed by atoms with E-state index in [0.29, 0.717) is 6.42 Å². The van der Waals surface area contributed by atoms with Gasteiger partial charge in [-0.25, -0.2) is 0 Å². The quantitative estimate of drug-likeness (QED) is 0.414. The second-order valence-electron chi connectivity index (χ2n) is 3.59. The van der Waals surface area contributed by atoms with Crippen LogP contribution in [0.2, 0.25) is 0 Å². The first kappa shape index (κ1) is 16.5. The molecular weight excluding hydrogens is 445 g/mol. The minimum atomic E-state index is -4.27. The molecule has 1 rings (SSSR count). The molecule has 0 N–H and O–H groups in total. The number of hydrogen-bond acceptors (Lipinski definition) is 1. The Morgan fingerprint density at radius 3 is 2.50 bits per heavy atom. The Labute approximate surface area is 128 Å². The summed E-state index contributed by atoms with van der Waals surface area (Å²) in [6, 6.07) is 5.67. The lowest BCUT2D eigenvalue weighted by atomic mass is 10.1. The molecule has 0 aliphatic carbocycles. The van der Waals surface area contributed by atoms with Crippen molar-refractivity contribution >= 4 is 47.8 Å². The van der Waals surface area contributed by atoms with Gasteiger partial charge in [-0.3, -0.25) is 0 Å². The zero-order valence-corrected chi connectivity index (χ0v) is 13.9. The van der Waals surface area contributed by atoms with Gasteiger partial charge in [-0.05, 0) is 30.2 Å².